The Bertz CT molecular complexity index is 493. The summed E-state index contributed by atoms with van der Waals surface area (Å²) in [6.07, 6.45) is 4.55. The van der Waals surface area contributed by atoms with Crippen LogP contribution in [0.1, 0.15) is 44.2 Å². The molecule has 1 aromatic rings. The summed E-state index contributed by atoms with van der Waals surface area (Å²) in [5.74, 6) is -1.83. The molecule has 0 radical (unpaired) electrons. The van der Waals surface area contributed by atoms with Gasteiger partial charge in [-0.1, -0.05) is 19.4 Å². The Morgan fingerprint density at radius 2 is 1.85 bits per heavy atom. The van der Waals surface area contributed by atoms with Gasteiger partial charge in [-0.25, -0.2) is 13.2 Å². The van der Waals surface area contributed by atoms with Crippen LogP contribution in [0.4, 0.5) is 13.2 Å². The van der Waals surface area contributed by atoms with Gasteiger partial charge in [0.25, 0.3) is 0 Å². The number of benzene rings is 1. The van der Waals surface area contributed by atoms with Gasteiger partial charge in [0, 0.05) is 11.6 Å². The monoisotopic (exact) mass is 283 g/mol. The van der Waals surface area contributed by atoms with Gasteiger partial charge in [0.05, 0.1) is 0 Å². The molecule has 3 rings (SSSR count). The predicted octanol–water partition coefficient (Wildman–Crippen LogP) is 4.19. The molecular formula is C16H20F3N. The predicted molar refractivity (Wildman–Crippen MR) is 71.7 cm³/mol. The maximum atomic E-state index is 14.0. The summed E-state index contributed by atoms with van der Waals surface area (Å²) >= 11 is 0. The molecule has 20 heavy (non-hydrogen) atoms. The van der Waals surface area contributed by atoms with Crippen LogP contribution in [0.15, 0.2) is 12.1 Å². The molecule has 0 heterocycles. The van der Waals surface area contributed by atoms with Gasteiger partial charge in [-0.2, -0.15) is 0 Å². The van der Waals surface area contributed by atoms with E-state index in [9.17, 15) is 13.2 Å². The zero-order valence-corrected chi connectivity index (χ0v) is 11.6. The van der Waals surface area contributed by atoms with Crippen LogP contribution in [0.3, 0.4) is 0 Å². The third kappa shape index (κ3) is 2.24. The molecule has 0 aliphatic heterocycles. The largest absolute Gasteiger partial charge is 0.310 e. The van der Waals surface area contributed by atoms with Gasteiger partial charge in [-0.3, -0.25) is 0 Å². The van der Waals surface area contributed by atoms with Crippen LogP contribution in [0.2, 0.25) is 0 Å². The minimum atomic E-state index is -1.35. The van der Waals surface area contributed by atoms with Gasteiger partial charge < -0.3 is 5.32 Å². The molecule has 2 aliphatic carbocycles. The number of nitrogens with one attached hydrogen (secondary N) is 1. The van der Waals surface area contributed by atoms with E-state index in [-0.39, 0.29) is 11.6 Å². The minimum absolute atomic E-state index is 0.180. The molecule has 110 valence electrons. The van der Waals surface area contributed by atoms with E-state index in [4.69, 9.17) is 0 Å². The maximum absolute atomic E-state index is 14.0. The molecule has 1 nitrogen and oxygen atoms in total. The summed E-state index contributed by atoms with van der Waals surface area (Å²) in [7, 11) is 0. The van der Waals surface area contributed by atoms with Crippen molar-refractivity contribution in [2.45, 2.75) is 38.6 Å². The average molecular weight is 283 g/mol. The fraction of sp³-hybridized carbons (Fsp3) is 0.625. The van der Waals surface area contributed by atoms with E-state index in [2.05, 4.69) is 5.32 Å². The fourth-order valence-corrected chi connectivity index (χ4v) is 3.91. The van der Waals surface area contributed by atoms with Gasteiger partial charge in [0.15, 0.2) is 17.5 Å². The lowest BCUT2D eigenvalue weighted by atomic mass is 9.96. The third-order valence-corrected chi connectivity index (χ3v) is 4.87. The number of hydrogen-bond donors (Lipinski definition) is 1. The van der Waals surface area contributed by atoms with Crippen molar-refractivity contribution >= 4 is 0 Å². The van der Waals surface area contributed by atoms with E-state index in [1.807, 2.05) is 6.92 Å². The molecule has 3 unspecified atom stereocenters. The normalized spacial score (nSPS) is 29.3. The van der Waals surface area contributed by atoms with Crippen LogP contribution >= 0.6 is 0 Å². The third-order valence-electron chi connectivity index (χ3n) is 4.87. The quantitative estimate of drug-likeness (QED) is 0.799. The van der Waals surface area contributed by atoms with E-state index in [0.29, 0.717) is 17.8 Å². The van der Waals surface area contributed by atoms with Crippen molar-refractivity contribution in [2.24, 2.45) is 17.8 Å². The highest BCUT2D eigenvalue weighted by Gasteiger charge is 2.56. The topological polar surface area (TPSA) is 12.0 Å². The van der Waals surface area contributed by atoms with Gasteiger partial charge in [0.1, 0.15) is 0 Å². The Hall–Kier alpha value is -1.03. The van der Waals surface area contributed by atoms with Gasteiger partial charge >= 0.3 is 0 Å². The van der Waals surface area contributed by atoms with E-state index in [1.54, 1.807) is 0 Å². The van der Waals surface area contributed by atoms with Crippen LogP contribution in [0.5, 0.6) is 0 Å². The number of halogens is 3. The first-order valence-corrected chi connectivity index (χ1v) is 7.52. The van der Waals surface area contributed by atoms with Crippen molar-refractivity contribution in [1.82, 2.24) is 5.32 Å². The zero-order valence-electron chi connectivity index (χ0n) is 11.6. The molecule has 4 heteroatoms. The highest BCUT2D eigenvalue weighted by Crippen LogP contribution is 2.62. The van der Waals surface area contributed by atoms with Crippen molar-refractivity contribution in [3.05, 3.63) is 35.1 Å². The van der Waals surface area contributed by atoms with Crippen molar-refractivity contribution in [2.75, 3.05) is 6.54 Å². The average Bonchev–Trinajstić information content (AvgIpc) is 2.91. The first-order valence-electron chi connectivity index (χ1n) is 7.52. The van der Waals surface area contributed by atoms with Crippen LogP contribution in [0, 0.1) is 35.2 Å². The van der Waals surface area contributed by atoms with Crippen molar-refractivity contribution in [3.8, 4) is 0 Å². The molecule has 0 aromatic heterocycles. The molecule has 0 spiro atoms. The zero-order chi connectivity index (χ0) is 14.3. The molecule has 1 N–H and O–H groups in total. The molecule has 2 saturated carbocycles. The summed E-state index contributed by atoms with van der Waals surface area (Å²) in [4.78, 5) is 0. The van der Waals surface area contributed by atoms with E-state index >= 15 is 0 Å². The number of rotatable bonds is 5. The van der Waals surface area contributed by atoms with Gasteiger partial charge in [0.2, 0.25) is 0 Å². The van der Waals surface area contributed by atoms with E-state index < -0.39 is 17.5 Å². The molecular weight excluding hydrogens is 263 g/mol. The van der Waals surface area contributed by atoms with Gasteiger partial charge in [-0.05, 0) is 49.6 Å². The molecule has 0 saturated heterocycles. The van der Waals surface area contributed by atoms with Crippen LogP contribution < -0.4 is 5.32 Å². The summed E-state index contributed by atoms with van der Waals surface area (Å²) in [5, 5.41) is 3.33. The Balaban J connectivity index is 1.87. The lowest BCUT2D eigenvalue weighted by molar-refractivity contribution is 0.383. The standard InChI is InChI=1S/C16H20F3N/c1-2-8-20-16(13-9-4-3-5-10(9)13)11-6-7-12(17)15(19)14(11)18/h6-7,9-10,13,16,20H,2-5,8H2,1H3. The molecule has 0 amide bonds. The minimum Gasteiger partial charge on any atom is -0.310 e. The highest BCUT2D eigenvalue weighted by molar-refractivity contribution is 5.27. The summed E-state index contributed by atoms with van der Waals surface area (Å²) in [6, 6.07) is 2.25. The second kappa shape index (κ2) is 5.40. The Morgan fingerprint density at radius 3 is 2.50 bits per heavy atom. The smallest absolute Gasteiger partial charge is 0.194 e. The summed E-state index contributed by atoms with van der Waals surface area (Å²) < 4.78 is 40.6. The second-order valence-electron chi connectivity index (χ2n) is 6.03. The highest BCUT2D eigenvalue weighted by atomic mass is 19.2. The van der Waals surface area contributed by atoms with E-state index in [1.165, 1.54) is 25.3 Å². The first kappa shape index (κ1) is 13.9. The van der Waals surface area contributed by atoms with Crippen LogP contribution in [-0.2, 0) is 0 Å². The van der Waals surface area contributed by atoms with Crippen molar-refractivity contribution in [1.29, 1.82) is 0 Å². The molecule has 2 aliphatic rings. The van der Waals surface area contributed by atoms with Crippen LogP contribution in [-0.4, -0.2) is 6.54 Å². The lowest BCUT2D eigenvalue weighted by Crippen LogP contribution is -2.27. The Kier molecular flexibility index (Phi) is 3.76. The number of fused-ring (bicyclic) bond motifs is 1. The SMILES string of the molecule is CCCNC(c1ccc(F)c(F)c1F)C1C2CCCC21. The second-order valence-corrected chi connectivity index (χ2v) is 6.03. The van der Waals surface area contributed by atoms with Crippen LogP contribution in [0.25, 0.3) is 0 Å². The summed E-state index contributed by atoms with van der Waals surface area (Å²) in [5.41, 5.74) is 0.289. The molecule has 1 aromatic carbocycles. The fourth-order valence-electron chi connectivity index (χ4n) is 3.91. The lowest BCUT2D eigenvalue weighted by Gasteiger charge is -2.22. The molecule has 2 fully saturated rings. The molecule has 3 atom stereocenters. The van der Waals surface area contributed by atoms with Crippen molar-refractivity contribution < 1.29 is 13.2 Å². The maximum Gasteiger partial charge on any atom is 0.194 e. The number of hydrogen-bond acceptors (Lipinski definition) is 1. The van der Waals surface area contributed by atoms with Gasteiger partial charge in [-0.15, -0.1) is 0 Å². The first-order chi connectivity index (χ1) is 9.65. The van der Waals surface area contributed by atoms with E-state index in [0.717, 1.165) is 19.0 Å². The Morgan fingerprint density at radius 1 is 1.15 bits per heavy atom. The molecule has 0 bridgehead atoms. The summed E-state index contributed by atoms with van der Waals surface area (Å²) in [6.45, 7) is 2.80. The Labute approximate surface area is 117 Å². The van der Waals surface area contributed by atoms with Crippen molar-refractivity contribution in [3.63, 3.8) is 0 Å².